The summed E-state index contributed by atoms with van der Waals surface area (Å²) in [7, 11) is 0. The van der Waals surface area contributed by atoms with Gasteiger partial charge in [0.1, 0.15) is 0 Å². The number of rotatable bonds is 7. The number of aryl methyl sites for hydroxylation is 1. The number of nitrogens with zero attached hydrogens (tertiary/aromatic N) is 2. The van der Waals surface area contributed by atoms with Crippen molar-refractivity contribution in [2.75, 3.05) is 11.5 Å². The monoisotopic (exact) mass is 225 g/mol. The van der Waals surface area contributed by atoms with Crippen LogP contribution in [-0.4, -0.2) is 27.3 Å². The molecule has 15 heavy (non-hydrogen) atoms. The van der Waals surface area contributed by atoms with Crippen molar-refractivity contribution >= 4 is 11.8 Å². The molecule has 0 amide bonds. The van der Waals surface area contributed by atoms with Crippen molar-refractivity contribution < 1.29 is 0 Å². The summed E-state index contributed by atoms with van der Waals surface area (Å²) in [5.41, 5.74) is 1.32. The molecule has 84 valence electrons. The van der Waals surface area contributed by atoms with E-state index in [1.165, 1.54) is 24.3 Å². The number of hydrogen-bond donors (Lipinski definition) is 1. The molecule has 2 rings (SSSR count). The Hall–Kier alpha value is -0.480. The standard InChI is InChI=1S/C11H19N3S/c1-2-15-8-7-14-11(5-6-13-14)9-12-10-3-4-10/h5-6,10,12H,2-4,7-9H2,1H3. The summed E-state index contributed by atoms with van der Waals surface area (Å²) in [6.07, 6.45) is 4.60. The Bertz CT molecular complexity index is 294. The highest BCUT2D eigenvalue weighted by molar-refractivity contribution is 7.99. The van der Waals surface area contributed by atoms with Crippen LogP contribution in [0.1, 0.15) is 25.5 Å². The van der Waals surface area contributed by atoms with E-state index in [2.05, 4.69) is 28.1 Å². The molecule has 1 fully saturated rings. The van der Waals surface area contributed by atoms with Gasteiger partial charge in [-0.3, -0.25) is 4.68 Å². The zero-order chi connectivity index (χ0) is 10.5. The maximum Gasteiger partial charge on any atom is 0.0522 e. The first kappa shape index (κ1) is 11.0. The number of hydrogen-bond acceptors (Lipinski definition) is 3. The Balaban J connectivity index is 1.78. The van der Waals surface area contributed by atoms with Crippen LogP contribution in [0.15, 0.2) is 12.3 Å². The molecule has 1 N–H and O–H groups in total. The van der Waals surface area contributed by atoms with Crippen LogP contribution in [0, 0.1) is 0 Å². The zero-order valence-electron chi connectivity index (χ0n) is 9.28. The van der Waals surface area contributed by atoms with Gasteiger partial charge in [-0.25, -0.2) is 0 Å². The molecular weight excluding hydrogens is 206 g/mol. The molecule has 0 atom stereocenters. The molecule has 1 heterocycles. The summed E-state index contributed by atoms with van der Waals surface area (Å²) in [5.74, 6) is 2.35. The van der Waals surface area contributed by atoms with Crippen LogP contribution in [0.3, 0.4) is 0 Å². The van der Waals surface area contributed by atoms with Gasteiger partial charge in [-0.05, 0) is 24.7 Å². The first-order chi connectivity index (χ1) is 7.40. The normalized spacial score (nSPS) is 15.8. The van der Waals surface area contributed by atoms with Gasteiger partial charge in [0.05, 0.1) is 12.2 Å². The fourth-order valence-corrected chi connectivity index (χ4v) is 2.13. The van der Waals surface area contributed by atoms with Gasteiger partial charge in [0.25, 0.3) is 0 Å². The summed E-state index contributed by atoms with van der Waals surface area (Å²) >= 11 is 1.97. The summed E-state index contributed by atoms with van der Waals surface area (Å²) in [6, 6.07) is 2.89. The van der Waals surface area contributed by atoms with Crippen LogP contribution in [0.5, 0.6) is 0 Å². The first-order valence-electron chi connectivity index (χ1n) is 5.72. The van der Waals surface area contributed by atoms with Gasteiger partial charge in [0, 0.05) is 24.5 Å². The van der Waals surface area contributed by atoms with Crippen LogP contribution < -0.4 is 5.32 Å². The van der Waals surface area contributed by atoms with Crippen LogP contribution in [-0.2, 0) is 13.1 Å². The Morgan fingerprint density at radius 3 is 3.20 bits per heavy atom. The predicted octanol–water partition coefficient (Wildman–Crippen LogP) is 1.89. The molecule has 0 spiro atoms. The molecule has 1 aliphatic rings. The maximum atomic E-state index is 4.35. The molecule has 0 radical (unpaired) electrons. The Morgan fingerprint density at radius 2 is 2.47 bits per heavy atom. The SMILES string of the molecule is CCSCCn1nccc1CNC1CC1. The summed E-state index contributed by atoms with van der Waals surface area (Å²) in [4.78, 5) is 0. The third-order valence-corrected chi connectivity index (χ3v) is 3.48. The first-order valence-corrected chi connectivity index (χ1v) is 6.87. The van der Waals surface area contributed by atoms with Gasteiger partial charge in [0.15, 0.2) is 0 Å². The summed E-state index contributed by atoms with van der Waals surface area (Å²) in [6.45, 7) is 4.21. The van der Waals surface area contributed by atoms with Crippen molar-refractivity contribution in [2.45, 2.75) is 38.9 Å². The zero-order valence-corrected chi connectivity index (χ0v) is 10.1. The topological polar surface area (TPSA) is 29.9 Å². The van der Waals surface area contributed by atoms with E-state index >= 15 is 0 Å². The lowest BCUT2D eigenvalue weighted by Crippen LogP contribution is -2.19. The highest BCUT2D eigenvalue weighted by Crippen LogP contribution is 2.19. The van der Waals surface area contributed by atoms with Crippen LogP contribution in [0.25, 0.3) is 0 Å². The summed E-state index contributed by atoms with van der Waals surface area (Å²) < 4.78 is 2.12. The minimum atomic E-state index is 0.776. The van der Waals surface area contributed by atoms with E-state index in [4.69, 9.17) is 0 Å². The lowest BCUT2D eigenvalue weighted by molar-refractivity contribution is 0.583. The molecule has 1 saturated carbocycles. The third-order valence-electron chi connectivity index (χ3n) is 2.61. The third kappa shape index (κ3) is 3.54. The van der Waals surface area contributed by atoms with E-state index in [1.54, 1.807) is 0 Å². The molecule has 3 nitrogen and oxygen atoms in total. The Kier molecular flexibility index (Phi) is 4.09. The molecule has 1 aliphatic carbocycles. The van der Waals surface area contributed by atoms with Crippen molar-refractivity contribution in [2.24, 2.45) is 0 Å². The van der Waals surface area contributed by atoms with E-state index in [9.17, 15) is 0 Å². The van der Waals surface area contributed by atoms with E-state index in [0.717, 1.165) is 24.9 Å². The van der Waals surface area contributed by atoms with Gasteiger partial charge >= 0.3 is 0 Å². The number of aromatic nitrogens is 2. The van der Waals surface area contributed by atoms with Gasteiger partial charge in [-0.2, -0.15) is 16.9 Å². The second kappa shape index (κ2) is 5.56. The van der Waals surface area contributed by atoms with Gasteiger partial charge in [-0.15, -0.1) is 0 Å². The van der Waals surface area contributed by atoms with Crippen molar-refractivity contribution in [3.05, 3.63) is 18.0 Å². The van der Waals surface area contributed by atoms with Gasteiger partial charge in [-0.1, -0.05) is 6.92 Å². The molecule has 0 bridgehead atoms. The Morgan fingerprint density at radius 1 is 1.60 bits per heavy atom. The van der Waals surface area contributed by atoms with Crippen molar-refractivity contribution in [1.29, 1.82) is 0 Å². The molecule has 1 aromatic rings. The quantitative estimate of drug-likeness (QED) is 0.719. The molecular formula is C11H19N3S. The second-order valence-corrected chi connectivity index (χ2v) is 5.29. The fourth-order valence-electron chi connectivity index (χ4n) is 1.54. The largest absolute Gasteiger partial charge is 0.308 e. The van der Waals surface area contributed by atoms with Crippen molar-refractivity contribution in [3.63, 3.8) is 0 Å². The van der Waals surface area contributed by atoms with Crippen LogP contribution in [0.2, 0.25) is 0 Å². The van der Waals surface area contributed by atoms with E-state index in [1.807, 2.05) is 18.0 Å². The van der Waals surface area contributed by atoms with E-state index in [-0.39, 0.29) is 0 Å². The average molecular weight is 225 g/mol. The van der Waals surface area contributed by atoms with E-state index in [0.29, 0.717) is 0 Å². The Labute approximate surface area is 95.6 Å². The van der Waals surface area contributed by atoms with Crippen LogP contribution in [0.4, 0.5) is 0 Å². The molecule has 0 unspecified atom stereocenters. The molecule has 0 saturated heterocycles. The van der Waals surface area contributed by atoms with Gasteiger partial charge < -0.3 is 5.32 Å². The molecule has 4 heteroatoms. The minimum absolute atomic E-state index is 0.776. The smallest absolute Gasteiger partial charge is 0.0522 e. The highest BCUT2D eigenvalue weighted by Gasteiger charge is 2.20. The molecule has 0 aromatic carbocycles. The molecule has 1 aromatic heterocycles. The fraction of sp³-hybridized carbons (Fsp3) is 0.727. The predicted molar refractivity (Wildman–Crippen MR) is 65.1 cm³/mol. The van der Waals surface area contributed by atoms with Gasteiger partial charge in [0.2, 0.25) is 0 Å². The maximum absolute atomic E-state index is 4.35. The number of thioether (sulfide) groups is 1. The highest BCUT2D eigenvalue weighted by atomic mass is 32.2. The van der Waals surface area contributed by atoms with Crippen LogP contribution >= 0.6 is 11.8 Å². The lowest BCUT2D eigenvalue weighted by atomic mass is 10.4. The van der Waals surface area contributed by atoms with Crippen molar-refractivity contribution in [1.82, 2.24) is 15.1 Å². The molecule has 0 aliphatic heterocycles. The minimum Gasteiger partial charge on any atom is -0.308 e. The number of nitrogens with one attached hydrogen (secondary N) is 1. The average Bonchev–Trinajstić information content (AvgIpc) is 2.97. The summed E-state index contributed by atoms with van der Waals surface area (Å²) in [5, 5.41) is 7.87. The lowest BCUT2D eigenvalue weighted by Gasteiger charge is -2.07. The second-order valence-electron chi connectivity index (χ2n) is 3.90. The van der Waals surface area contributed by atoms with E-state index < -0.39 is 0 Å². The van der Waals surface area contributed by atoms with Crippen molar-refractivity contribution in [3.8, 4) is 0 Å².